The highest BCUT2D eigenvalue weighted by molar-refractivity contribution is 9.10. The summed E-state index contributed by atoms with van der Waals surface area (Å²) in [7, 11) is 1.93. The van der Waals surface area contributed by atoms with Crippen LogP contribution in [0.5, 0.6) is 0 Å². The van der Waals surface area contributed by atoms with Crippen LogP contribution in [0.4, 0.5) is 0 Å². The number of hydrogen-bond donors (Lipinski definition) is 2. The first-order valence-electron chi connectivity index (χ1n) is 9.19. The van der Waals surface area contributed by atoms with Crippen molar-refractivity contribution < 1.29 is 9.59 Å². The van der Waals surface area contributed by atoms with Crippen LogP contribution in [-0.2, 0) is 16.1 Å². The van der Waals surface area contributed by atoms with Crippen molar-refractivity contribution >= 4 is 49.8 Å². The summed E-state index contributed by atoms with van der Waals surface area (Å²) < 4.78 is 3.02. The molecule has 2 aromatic carbocycles. The molecule has 2 N–H and O–H groups in total. The predicted octanol–water partition coefficient (Wildman–Crippen LogP) is 3.58. The Balaban J connectivity index is 1.92. The van der Waals surface area contributed by atoms with E-state index in [9.17, 15) is 9.59 Å². The molecule has 0 aliphatic carbocycles. The monoisotopic (exact) mass is 437 g/mol. The Labute approximate surface area is 171 Å². The topological polar surface area (TPSA) is 63.1 Å². The van der Waals surface area contributed by atoms with Crippen LogP contribution in [0.1, 0.15) is 17.5 Å². The zero-order valence-corrected chi connectivity index (χ0v) is 17.0. The van der Waals surface area contributed by atoms with E-state index < -0.39 is 0 Å². The number of carbonyl (C=O) groups is 2. The number of benzene rings is 2. The first kappa shape index (κ1) is 18.7. The van der Waals surface area contributed by atoms with Gasteiger partial charge in [0.05, 0.1) is 11.1 Å². The molecule has 1 aliphatic heterocycles. The number of aryl methyl sites for hydroxylation is 1. The van der Waals surface area contributed by atoms with Crippen molar-refractivity contribution in [3.63, 3.8) is 0 Å². The highest BCUT2D eigenvalue weighted by Gasteiger charge is 2.33. The van der Waals surface area contributed by atoms with Gasteiger partial charge in [0.15, 0.2) is 0 Å². The molecule has 5 nitrogen and oxygen atoms in total. The van der Waals surface area contributed by atoms with Gasteiger partial charge in [0.25, 0.3) is 11.8 Å². The summed E-state index contributed by atoms with van der Waals surface area (Å²) in [5, 5.41) is 6.60. The summed E-state index contributed by atoms with van der Waals surface area (Å²) in [4.78, 5) is 25.4. The van der Waals surface area contributed by atoms with Crippen LogP contribution in [0.2, 0.25) is 0 Å². The minimum Gasteiger partial charge on any atom is -0.347 e. The molecular formula is C22H20BrN3O2. The van der Waals surface area contributed by atoms with Crippen LogP contribution in [0.15, 0.2) is 59.2 Å². The van der Waals surface area contributed by atoms with Gasteiger partial charge >= 0.3 is 0 Å². The number of para-hydroxylation sites is 1. The summed E-state index contributed by atoms with van der Waals surface area (Å²) in [6, 6.07) is 15.5. The second-order valence-electron chi connectivity index (χ2n) is 6.75. The zero-order valence-electron chi connectivity index (χ0n) is 15.5. The summed E-state index contributed by atoms with van der Waals surface area (Å²) >= 11 is 3.45. The lowest BCUT2D eigenvalue weighted by Gasteiger charge is -2.05. The number of imide groups is 1. The molecule has 0 atom stereocenters. The van der Waals surface area contributed by atoms with Gasteiger partial charge in [0, 0.05) is 33.7 Å². The van der Waals surface area contributed by atoms with E-state index >= 15 is 0 Å². The van der Waals surface area contributed by atoms with Crippen molar-refractivity contribution in [2.75, 3.05) is 13.6 Å². The Hall–Kier alpha value is -2.70. The Morgan fingerprint density at radius 1 is 1.04 bits per heavy atom. The molecule has 3 aromatic rings. The van der Waals surface area contributed by atoms with Gasteiger partial charge in [-0.3, -0.25) is 14.9 Å². The van der Waals surface area contributed by atoms with Gasteiger partial charge in [-0.05, 0) is 43.8 Å². The molecule has 0 bridgehead atoms. The quantitative estimate of drug-likeness (QED) is 0.457. The van der Waals surface area contributed by atoms with Crippen molar-refractivity contribution in [1.29, 1.82) is 0 Å². The number of nitrogens with one attached hydrogen (secondary N) is 2. The first-order chi connectivity index (χ1) is 13.6. The lowest BCUT2D eigenvalue weighted by molar-refractivity contribution is -0.122. The van der Waals surface area contributed by atoms with E-state index in [0.29, 0.717) is 11.1 Å². The summed E-state index contributed by atoms with van der Waals surface area (Å²) in [5.74, 6) is -0.705. The average Bonchev–Trinajstić information content (AvgIpc) is 3.18. The highest BCUT2D eigenvalue weighted by atomic mass is 79.9. The lowest BCUT2D eigenvalue weighted by atomic mass is 9.96. The molecule has 4 rings (SSSR count). The van der Waals surface area contributed by atoms with Crippen LogP contribution >= 0.6 is 15.9 Å². The zero-order chi connectivity index (χ0) is 19.7. The second kappa shape index (κ2) is 7.73. The summed E-state index contributed by atoms with van der Waals surface area (Å²) in [6.45, 7) is 1.74. The fourth-order valence-corrected chi connectivity index (χ4v) is 4.09. The largest absolute Gasteiger partial charge is 0.347 e. The Kier molecular flexibility index (Phi) is 5.15. The number of nitrogens with zero attached hydrogens (tertiary/aromatic N) is 1. The molecule has 1 aromatic heterocycles. The van der Waals surface area contributed by atoms with Gasteiger partial charge < -0.3 is 9.88 Å². The number of carbonyl (C=O) groups excluding carboxylic acids is 2. The summed E-state index contributed by atoms with van der Waals surface area (Å²) in [5.41, 5.74) is 3.43. The number of hydrogen-bond acceptors (Lipinski definition) is 3. The SMILES string of the molecule is CNCCCn1cc(C2=C(c3cccc(Br)c3)C(=O)NC2=O)c2ccccc21. The Morgan fingerprint density at radius 3 is 2.61 bits per heavy atom. The maximum Gasteiger partial charge on any atom is 0.259 e. The van der Waals surface area contributed by atoms with Crippen molar-refractivity contribution in [3.05, 3.63) is 70.3 Å². The van der Waals surface area contributed by atoms with Gasteiger partial charge in [-0.25, -0.2) is 0 Å². The number of halogens is 1. The van der Waals surface area contributed by atoms with Gasteiger partial charge in [-0.15, -0.1) is 0 Å². The molecule has 6 heteroatoms. The standard InChI is InChI=1S/C22H20BrN3O2/c1-24-10-5-11-26-13-17(16-8-2-3-9-18(16)26)20-19(21(27)25-22(20)28)14-6-4-7-15(23)12-14/h2-4,6-9,12-13,24H,5,10-11H2,1H3,(H,25,27,28). The molecule has 0 radical (unpaired) electrons. The van der Waals surface area contributed by atoms with Crippen LogP contribution in [0.25, 0.3) is 22.0 Å². The fourth-order valence-electron chi connectivity index (χ4n) is 3.69. The number of fused-ring (bicyclic) bond motifs is 1. The van der Waals surface area contributed by atoms with Gasteiger partial charge in [-0.2, -0.15) is 0 Å². The van der Waals surface area contributed by atoms with E-state index in [-0.39, 0.29) is 11.8 Å². The van der Waals surface area contributed by atoms with Crippen molar-refractivity contribution in [2.24, 2.45) is 0 Å². The third-order valence-electron chi connectivity index (χ3n) is 4.93. The van der Waals surface area contributed by atoms with Crippen molar-refractivity contribution in [3.8, 4) is 0 Å². The van der Waals surface area contributed by atoms with Gasteiger partial charge in [0.2, 0.25) is 0 Å². The van der Waals surface area contributed by atoms with E-state index in [1.807, 2.05) is 61.8 Å². The van der Waals surface area contributed by atoms with Gasteiger partial charge in [0.1, 0.15) is 0 Å². The Bertz CT molecular complexity index is 1110. The van der Waals surface area contributed by atoms with Crippen molar-refractivity contribution in [2.45, 2.75) is 13.0 Å². The number of rotatable bonds is 6. The minimum atomic E-state index is -0.356. The molecule has 1 aliphatic rings. The second-order valence-corrected chi connectivity index (χ2v) is 7.67. The molecule has 0 saturated carbocycles. The molecule has 2 amide bonds. The van der Waals surface area contributed by atoms with E-state index in [0.717, 1.165) is 46.0 Å². The molecule has 0 saturated heterocycles. The van der Waals surface area contributed by atoms with Gasteiger partial charge in [-0.1, -0.05) is 46.3 Å². The summed E-state index contributed by atoms with van der Waals surface area (Å²) in [6.07, 6.45) is 2.96. The Morgan fingerprint density at radius 2 is 1.82 bits per heavy atom. The molecule has 142 valence electrons. The molecule has 0 unspecified atom stereocenters. The maximum atomic E-state index is 12.7. The average molecular weight is 438 g/mol. The van der Waals surface area contributed by atoms with Crippen LogP contribution in [-0.4, -0.2) is 30.0 Å². The molecule has 0 fully saturated rings. The van der Waals surface area contributed by atoms with E-state index in [2.05, 4.69) is 31.1 Å². The molecule has 28 heavy (non-hydrogen) atoms. The first-order valence-corrected chi connectivity index (χ1v) is 9.98. The molecule has 2 heterocycles. The smallest absolute Gasteiger partial charge is 0.259 e. The molecule has 0 spiro atoms. The predicted molar refractivity (Wildman–Crippen MR) is 115 cm³/mol. The minimum absolute atomic E-state index is 0.349. The van der Waals surface area contributed by atoms with Crippen molar-refractivity contribution in [1.82, 2.24) is 15.2 Å². The third-order valence-corrected chi connectivity index (χ3v) is 5.42. The number of aromatic nitrogens is 1. The van der Waals surface area contributed by atoms with Crippen LogP contribution in [0, 0.1) is 0 Å². The maximum absolute atomic E-state index is 12.7. The number of amides is 2. The highest BCUT2D eigenvalue weighted by Crippen LogP contribution is 2.36. The van der Waals surface area contributed by atoms with E-state index in [1.165, 1.54) is 0 Å². The van der Waals surface area contributed by atoms with Crippen LogP contribution in [0.3, 0.4) is 0 Å². The fraction of sp³-hybridized carbons (Fsp3) is 0.182. The molecular weight excluding hydrogens is 418 g/mol. The van der Waals surface area contributed by atoms with E-state index in [4.69, 9.17) is 0 Å². The van der Waals surface area contributed by atoms with Crippen LogP contribution < -0.4 is 10.6 Å². The normalized spacial score (nSPS) is 14.2. The third kappa shape index (κ3) is 3.30. The van der Waals surface area contributed by atoms with E-state index in [1.54, 1.807) is 0 Å². The lowest BCUT2D eigenvalue weighted by Crippen LogP contribution is -2.22.